The van der Waals surface area contributed by atoms with Crippen LogP contribution in [0.2, 0.25) is 0 Å². The standard InChI is InChI=1S/C9H16N3O2P/c1-6-9(13)8(3-10)7(4-12-6)5-14-15-11-2/h4,11,13,15H,3,5,10H2,1-2H3. The smallest absolute Gasteiger partial charge is 0.141 e. The van der Waals surface area contributed by atoms with Gasteiger partial charge in [-0.2, -0.15) is 0 Å². The number of nitrogens with two attached hydrogens (primary N) is 1. The monoisotopic (exact) mass is 229 g/mol. The number of hydrogen-bond acceptors (Lipinski definition) is 5. The van der Waals surface area contributed by atoms with Crippen LogP contribution in [0.15, 0.2) is 6.20 Å². The van der Waals surface area contributed by atoms with Crippen molar-refractivity contribution in [3.05, 3.63) is 23.0 Å². The highest BCUT2D eigenvalue weighted by molar-refractivity contribution is 7.29. The molecular weight excluding hydrogens is 213 g/mol. The lowest BCUT2D eigenvalue weighted by atomic mass is 10.1. The van der Waals surface area contributed by atoms with E-state index in [1.54, 1.807) is 13.1 Å². The normalized spacial score (nSPS) is 11.4. The van der Waals surface area contributed by atoms with Gasteiger partial charge in [0.25, 0.3) is 0 Å². The molecule has 0 saturated heterocycles. The first-order valence-corrected chi connectivity index (χ1v) is 5.51. The molecule has 0 aliphatic heterocycles. The van der Waals surface area contributed by atoms with Crippen molar-refractivity contribution in [2.75, 3.05) is 7.05 Å². The minimum Gasteiger partial charge on any atom is -0.506 e. The summed E-state index contributed by atoms with van der Waals surface area (Å²) in [7, 11) is 2.04. The summed E-state index contributed by atoms with van der Waals surface area (Å²) in [4.78, 5) is 4.06. The lowest BCUT2D eigenvalue weighted by Gasteiger charge is -2.11. The third-order valence-corrected chi connectivity index (χ3v) is 2.53. The Hall–Kier alpha value is -0.740. The van der Waals surface area contributed by atoms with Gasteiger partial charge in [-0.3, -0.25) is 10.1 Å². The molecular formula is C9H16N3O2P. The molecule has 1 rings (SSSR count). The van der Waals surface area contributed by atoms with Crippen LogP contribution >= 0.6 is 8.96 Å². The first-order valence-electron chi connectivity index (χ1n) is 4.60. The van der Waals surface area contributed by atoms with Gasteiger partial charge in [-0.25, -0.2) is 0 Å². The van der Waals surface area contributed by atoms with Crippen molar-refractivity contribution in [1.29, 1.82) is 0 Å². The molecule has 0 amide bonds. The number of nitrogens with zero attached hydrogens (tertiary/aromatic N) is 1. The Bertz CT molecular complexity index is 333. The van der Waals surface area contributed by atoms with Gasteiger partial charge in [0.2, 0.25) is 0 Å². The number of hydrogen-bond donors (Lipinski definition) is 3. The highest BCUT2D eigenvalue weighted by Crippen LogP contribution is 2.24. The Morgan fingerprint density at radius 1 is 1.67 bits per heavy atom. The zero-order chi connectivity index (χ0) is 11.3. The van der Waals surface area contributed by atoms with E-state index in [1.807, 2.05) is 7.05 Å². The van der Waals surface area contributed by atoms with Crippen molar-refractivity contribution >= 4 is 8.96 Å². The average molecular weight is 229 g/mol. The van der Waals surface area contributed by atoms with Crippen molar-refractivity contribution in [3.63, 3.8) is 0 Å². The van der Waals surface area contributed by atoms with Crippen LogP contribution in [-0.2, 0) is 17.7 Å². The highest BCUT2D eigenvalue weighted by Gasteiger charge is 2.09. The van der Waals surface area contributed by atoms with Gasteiger partial charge >= 0.3 is 0 Å². The molecule has 5 nitrogen and oxygen atoms in total. The summed E-state index contributed by atoms with van der Waals surface area (Å²) in [5.41, 5.74) is 7.71. The van der Waals surface area contributed by atoms with E-state index in [1.165, 1.54) is 0 Å². The Morgan fingerprint density at radius 3 is 3.00 bits per heavy atom. The fourth-order valence-corrected chi connectivity index (χ4v) is 1.59. The van der Waals surface area contributed by atoms with Gasteiger partial charge in [0, 0.05) is 23.9 Å². The number of nitrogens with one attached hydrogen (secondary N) is 1. The quantitative estimate of drug-likeness (QED) is 0.514. The summed E-state index contributed by atoms with van der Waals surface area (Å²) >= 11 is 0. The topological polar surface area (TPSA) is 80.4 Å². The molecule has 84 valence electrons. The van der Waals surface area contributed by atoms with Crippen LogP contribution in [0.25, 0.3) is 0 Å². The van der Waals surface area contributed by atoms with Gasteiger partial charge in [-0.15, -0.1) is 0 Å². The minimum atomic E-state index is 0.173. The number of aromatic nitrogens is 1. The van der Waals surface area contributed by atoms with Crippen molar-refractivity contribution in [1.82, 2.24) is 10.1 Å². The van der Waals surface area contributed by atoms with E-state index >= 15 is 0 Å². The van der Waals surface area contributed by atoms with Crippen LogP contribution in [0, 0.1) is 6.92 Å². The molecule has 15 heavy (non-hydrogen) atoms. The predicted octanol–water partition coefficient (Wildman–Crippen LogP) is 0.799. The van der Waals surface area contributed by atoms with Crippen LogP contribution in [0.5, 0.6) is 5.75 Å². The zero-order valence-corrected chi connectivity index (χ0v) is 9.87. The zero-order valence-electron chi connectivity index (χ0n) is 8.87. The molecule has 1 heterocycles. The highest BCUT2D eigenvalue weighted by atomic mass is 31.1. The maximum atomic E-state index is 9.72. The van der Waals surface area contributed by atoms with Crippen molar-refractivity contribution < 1.29 is 9.63 Å². The second kappa shape index (κ2) is 5.98. The molecule has 0 spiro atoms. The molecule has 0 fully saturated rings. The van der Waals surface area contributed by atoms with Gasteiger partial charge in [0.1, 0.15) is 5.75 Å². The number of aromatic hydroxyl groups is 1. The minimum absolute atomic E-state index is 0.173. The lowest BCUT2D eigenvalue weighted by Crippen LogP contribution is -2.05. The fraction of sp³-hybridized carbons (Fsp3) is 0.444. The van der Waals surface area contributed by atoms with E-state index in [9.17, 15) is 5.11 Å². The largest absolute Gasteiger partial charge is 0.506 e. The number of rotatable bonds is 5. The Labute approximate surface area is 91.0 Å². The van der Waals surface area contributed by atoms with Crippen molar-refractivity contribution in [2.24, 2.45) is 5.73 Å². The molecule has 1 aromatic heterocycles. The molecule has 1 unspecified atom stereocenters. The SMILES string of the molecule is CNPOCc1cnc(C)c(O)c1CN. The third kappa shape index (κ3) is 3.11. The average Bonchev–Trinajstić information content (AvgIpc) is 2.24. The molecule has 4 N–H and O–H groups in total. The van der Waals surface area contributed by atoms with E-state index in [-0.39, 0.29) is 21.3 Å². The van der Waals surface area contributed by atoms with Gasteiger partial charge in [-0.05, 0) is 14.0 Å². The molecule has 6 heteroatoms. The summed E-state index contributed by atoms with van der Waals surface area (Å²) in [6.45, 7) is 2.44. The van der Waals surface area contributed by atoms with Crippen molar-refractivity contribution in [2.45, 2.75) is 20.1 Å². The van der Waals surface area contributed by atoms with Crippen LogP contribution in [0.1, 0.15) is 16.8 Å². The van der Waals surface area contributed by atoms with E-state index in [0.717, 1.165) is 5.56 Å². The maximum Gasteiger partial charge on any atom is 0.141 e. The van der Waals surface area contributed by atoms with Crippen LogP contribution < -0.4 is 10.8 Å². The Balaban J connectivity index is 2.83. The summed E-state index contributed by atoms with van der Waals surface area (Å²) in [5, 5.41) is 12.6. The van der Waals surface area contributed by atoms with Crippen molar-refractivity contribution in [3.8, 4) is 5.75 Å². The van der Waals surface area contributed by atoms with Gasteiger partial charge in [0.15, 0.2) is 0 Å². The molecule has 1 atom stereocenters. The van der Waals surface area contributed by atoms with Crippen LogP contribution in [0.4, 0.5) is 0 Å². The first-order chi connectivity index (χ1) is 7.20. The van der Waals surface area contributed by atoms with E-state index in [2.05, 4.69) is 10.1 Å². The summed E-state index contributed by atoms with van der Waals surface area (Å²) in [6, 6.07) is 0. The molecule has 0 bridgehead atoms. The third-order valence-electron chi connectivity index (χ3n) is 2.04. The lowest BCUT2D eigenvalue weighted by molar-refractivity contribution is 0.344. The van der Waals surface area contributed by atoms with E-state index in [4.69, 9.17) is 10.3 Å². The molecule has 0 aliphatic carbocycles. The molecule has 0 saturated carbocycles. The van der Waals surface area contributed by atoms with E-state index in [0.29, 0.717) is 17.9 Å². The van der Waals surface area contributed by atoms with E-state index < -0.39 is 0 Å². The second-order valence-electron chi connectivity index (χ2n) is 3.04. The Kier molecular flexibility index (Phi) is 4.91. The number of aryl methyl sites for hydroxylation is 1. The van der Waals surface area contributed by atoms with Crippen LogP contribution in [-0.4, -0.2) is 17.1 Å². The summed E-state index contributed by atoms with van der Waals surface area (Å²) < 4.78 is 5.32. The number of pyridine rings is 1. The summed E-state index contributed by atoms with van der Waals surface area (Å²) in [5.74, 6) is 0.173. The second-order valence-corrected chi connectivity index (χ2v) is 4.03. The van der Waals surface area contributed by atoms with Gasteiger partial charge < -0.3 is 15.4 Å². The molecule has 1 aromatic rings. The van der Waals surface area contributed by atoms with Gasteiger partial charge in [-0.1, -0.05) is 0 Å². The summed E-state index contributed by atoms with van der Waals surface area (Å²) in [6.07, 6.45) is 1.69. The van der Waals surface area contributed by atoms with Gasteiger partial charge in [0.05, 0.1) is 21.3 Å². The maximum absolute atomic E-state index is 9.72. The molecule has 0 aromatic carbocycles. The predicted molar refractivity (Wildman–Crippen MR) is 60.7 cm³/mol. The first kappa shape index (κ1) is 12.3. The molecule has 0 aliphatic rings. The molecule has 0 radical (unpaired) electrons. The fourth-order valence-electron chi connectivity index (χ4n) is 1.22. The van der Waals surface area contributed by atoms with Crippen LogP contribution in [0.3, 0.4) is 0 Å². The Morgan fingerprint density at radius 2 is 2.40 bits per heavy atom.